The van der Waals surface area contributed by atoms with E-state index in [1.165, 1.54) is 0 Å². The number of rotatable bonds is 7. The molecule has 0 saturated heterocycles. The van der Waals surface area contributed by atoms with Gasteiger partial charge < -0.3 is 10.6 Å². The molecule has 2 N–H and O–H groups in total. The molecule has 28 heavy (non-hydrogen) atoms. The molecular weight excluding hydrogens is 348 g/mol. The highest BCUT2D eigenvalue weighted by Gasteiger charge is 2.22. The lowest BCUT2D eigenvalue weighted by atomic mass is 9.90. The first-order valence-corrected chi connectivity index (χ1v) is 9.44. The van der Waals surface area contributed by atoms with Gasteiger partial charge in [-0.15, -0.1) is 0 Å². The van der Waals surface area contributed by atoms with Crippen LogP contribution < -0.4 is 10.6 Å². The van der Waals surface area contributed by atoms with E-state index in [9.17, 15) is 9.59 Å². The fraction of sp³-hybridized carbons (Fsp3) is 0.167. The molecule has 0 fully saturated rings. The van der Waals surface area contributed by atoms with Gasteiger partial charge in [0.05, 0.1) is 12.5 Å². The lowest BCUT2D eigenvalue weighted by Crippen LogP contribution is -2.36. The molecule has 0 unspecified atom stereocenters. The SMILES string of the molecule is CCc1ccccc1NC(=O)CNC(=O)C(c1ccccc1)c1ccccc1. The van der Waals surface area contributed by atoms with E-state index in [0.29, 0.717) is 0 Å². The third-order valence-corrected chi connectivity index (χ3v) is 4.62. The predicted molar refractivity (Wildman–Crippen MR) is 112 cm³/mol. The van der Waals surface area contributed by atoms with Gasteiger partial charge in [0.1, 0.15) is 0 Å². The van der Waals surface area contributed by atoms with Crippen molar-refractivity contribution in [2.75, 3.05) is 11.9 Å². The molecule has 0 aromatic heterocycles. The minimum Gasteiger partial charge on any atom is -0.346 e. The number of nitrogens with one attached hydrogen (secondary N) is 2. The number of para-hydroxylation sites is 1. The Morgan fingerprint density at radius 1 is 0.786 bits per heavy atom. The number of benzene rings is 3. The summed E-state index contributed by atoms with van der Waals surface area (Å²) < 4.78 is 0. The number of carbonyl (C=O) groups is 2. The highest BCUT2D eigenvalue weighted by Crippen LogP contribution is 2.24. The van der Waals surface area contributed by atoms with Gasteiger partial charge in [-0.3, -0.25) is 9.59 Å². The van der Waals surface area contributed by atoms with Crippen LogP contribution in [0, 0.1) is 0 Å². The van der Waals surface area contributed by atoms with Crippen LogP contribution in [-0.4, -0.2) is 18.4 Å². The van der Waals surface area contributed by atoms with Gasteiger partial charge in [0, 0.05) is 5.69 Å². The molecule has 0 radical (unpaired) electrons. The van der Waals surface area contributed by atoms with Crippen molar-refractivity contribution in [2.24, 2.45) is 0 Å². The van der Waals surface area contributed by atoms with Crippen LogP contribution in [0.4, 0.5) is 5.69 Å². The van der Waals surface area contributed by atoms with Crippen LogP contribution in [0.15, 0.2) is 84.9 Å². The molecule has 0 saturated carbocycles. The molecule has 4 nitrogen and oxygen atoms in total. The maximum atomic E-state index is 12.9. The second-order valence-electron chi connectivity index (χ2n) is 6.53. The number of anilines is 1. The first-order valence-electron chi connectivity index (χ1n) is 9.44. The van der Waals surface area contributed by atoms with Crippen LogP contribution in [0.3, 0.4) is 0 Å². The van der Waals surface area contributed by atoms with E-state index in [0.717, 1.165) is 28.8 Å². The van der Waals surface area contributed by atoms with Crippen molar-refractivity contribution in [3.05, 3.63) is 102 Å². The zero-order valence-corrected chi connectivity index (χ0v) is 15.9. The number of hydrogen-bond donors (Lipinski definition) is 2. The highest BCUT2D eigenvalue weighted by molar-refractivity contribution is 5.96. The smallest absolute Gasteiger partial charge is 0.243 e. The number of aryl methyl sites for hydroxylation is 1. The molecule has 0 bridgehead atoms. The van der Waals surface area contributed by atoms with E-state index in [1.54, 1.807) is 0 Å². The second-order valence-corrected chi connectivity index (χ2v) is 6.53. The molecule has 0 heterocycles. The maximum absolute atomic E-state index is 12.9. The van der Waals surface area contributed by atoms with Gasteiger partial charge in [-0.1, -0.05) is 85.8 Å². The largest absolute Gasteiger partial charge is 0.346 e. The van der Waals surface area contributed by atoms with Crippen molar-refractivity contribution in [3.8, 4) is 0 Å². The molecule has 0 aliphatic rings. The van der Waals surface area contributed by atoms with Gasteiger partial charge in [-0.05, 0) is 29.2 Å². The molecule has 0 aliphatic heterocycles. The molecule has 3 rings (SSSR count). The van der Waals surface area contributed by atoms with Crippen LogP contribution in [0.5, 0.6) is 0 Å². The van der Waals surface area contributed by atoms with Crippen LogP contribution in [-0.2, 0) is 16.0 Å². The van der Waals surface area contributed by atoms with Crippen molar-refractivity contribution in [2.45, 2.75) is 19.3 Å². The van der Waals surface area contributed by atoms with E-state index in [4.69, 9.17) is 0 Å². The van der Waals surface area contributed by atoms with Crippen molar-refractivity contribution in [1.82, 2.24) is 5.32 Å². The fourth-order valence-corrected chi connectivity index (χ4v) is 3.20. The molecule has 0 spiro atoms. The Labute approximate surface area is 165 Å². The first kappa shape index (κ1) is 19.4. The predicted octanol–water partition coefficient (Wildman–Crippen LogP) is 4.14. The Kier molecular flexibility index (Phi) is 6.58. The Morgan fingerprint density at radius 2 is 1.32 bits per heavy atom. The summed E-state index contributed by atoms with van der Waals surface area (Å²) in [4.78, 5) is 25.3. The van der Waals surface area contributed by atoms with Crippen LogP contribution in [0.25, 0.3) is 0 Å². The minimum atomic E-state index is -0.460. The average molecular weight is 372 g/mol. The summed E-state index contributed by atoms with van der Waals surface area (Å²) in [5, 5.41) is 5.67. The first-order chi connectivity index (χ1) is 13.7. The molecule has 0 atom stereocenters. The average Bonchev–Trinajstić information content (AvgIpc) is 2.74. The number of amides is 2. The molecule has 3 aromatic rings. The van der Waals surface area contributed by atoms with Crippen LogP contribution >= 0.6 is 0 Å². The molecule has 142 valence electrons. The molecule has 3 aromatic carbocycles. The van der Waals surface area contributed by atoms with Crippen molar-refractivity contribution >= 4 is 17.5 Å². The lowest BCUT2D eigenvalue weighted by Gasteiger charge is -2.18. The number of carbonyl (C=O) groups excluding carboxylic acids is 2. The van der Waals surface area contributed by atoms with Crippen molar-refractivity contribution in [3.63, 3.8) is 0 Å². The van der Waals surface area contributed by atoms with E-state index < -0.39 is 5.92 Å². The quantitative estimate of drug-likeness (QED) is 0.655. The summed E-state index contributed by atoms with van der Waals surface area (Å²) in [6.07, 6.45) is 0.826. The van der Waals surface area contributed by atoms with Gasteiger partial charge >= 0.3 is 0 Å². The van der Waals surface area contributed by atoms with Crippen LogP contribution in [0.1, 0.15) is 29.5 Å². The Bertz CT molecular complexity index is 884. The van der Waals surface area contributed by atoms with Crippen molar-refractivity contribution < 1.29 is 9.59 Å². The van der Waals surface area contributed by atoms with Crippen molar-refractivity contribution in [1.29, 1.82) is 0 Å². The fourth-order valence-electron chi connectivity index (χ4n) is 3.20. The van der Waals surface area contributed by atoms with Gasteiger partial charge in [-0.25, -0.2) is 0 Å². The third-order valence-electron chi connectivity index (χ3n) is 4.62. The number of hydrogen-bond acceptors (Lipinski definition) is 2. The van der Waals surface area contributed by atoms with E-state index >= 15 is 0 Å². The molecule has 4 heteroatoms. The summed E-state index contributed by atoms with van der Waals surface area (Å²) in [5.41, 5.74) is 3.63. The van der Waals surface area contributed by atoms with E-state index in [2.05, 4.69) is 10.6 Å². The Morgan fingerprint density at radius 3 is 1.89 bits per heavy atom. The van der Waals surface area contributed by atoms with Gasteiger partial charge in [0.15, 0.2) is 0 Å². The lowest BCUT2D eigenvalue weighted by molar-refractivity contribution is -0.124. The maximum Gasteiger partial charge on any atom is 0.243 e. The summed E-state index contributed by atoms with van der Waals surface area (Å²) >= 11 is 0. The third kappa shape index (κ3) is 4.86. The Balaban J connectivity index is 1.70. The zero-order valence-electron chi connectivity index (χ0n) is 15.9. The topological polar surface area (TPSA) is 58.2 Å². The van der Waals surface area contributed by atoms with Gasteiger partial charge in [0.2, 0.25) is 11.8 Å². The summed E-state index contributed by atoms with van der Waals surface area (Å²) in [5.74, 6) is -0.899. The minimum absolute atomic E-state index is 0.0763. The zero-order chi connectivity index (χ0) is 19.8. The summed E-state index contributed by atoms with van der Waals surface area (Å²) in [6.45, 7) is 1.96. The molecule has 2 amide bonds. The molecular formula is C24H24N2O2. The standard InChI is InChI=1S/C24H24N2O2/c1-2-18-11-9-10-16-21(18)26-22(27)17-25-24(28)23(19-12-5-3-6-13-19)20-14-7-4-8-15-20/h3-16,23H,2,17H2,1H3,(H,25,28)(H,26,27). The molecule has 0 aliphatic carbocycles. The summed E-state index contributed by atoms with van der Waals surface area (Å²) in [7, 11) is 0. The van der Waals surface area contributed by atoms with E-state index in [1.807, 2.05) is 91.9 Å². The van der Waals surface area contributed by atoms with E-state index in [-0.39, 0.29) is 18.4 Å². The monoisotopic (exact) mass is 372 g/mol. The highest BCUT2D eigenvalue weighted by atomic mass is 16.2. The van der Waals surface area contributed by atoms with Crippen LogP contribution in [0.2, 0.25) is 0 Å². The normalized spacial score (nSPS) is 10.5. The van der Waals surface area contributed by atoms with Gasteiger partial charge in [-0.2, -0.15) is 0 Å². The second kappa shape index (κ2) is 9.51. The summed E-state index contributed by atoms with van der Waals surface area (Å²) in [6, 6.07) is 26.9. The Hall–Kier alpha value is -3.40. The van der Waals surface area contributed by atoms with Gasteiger partial charge in [0.25, 0.3) is 0 Å².